The molecular formula is C10H10FNO2. The molecule has 0 amide bonds. The van der Waals surface area contributed by atoms with Crippen LogP contribution < -0.4 is 5.73 Å². The van der Waals surface area contributed by atoms with E-state index < -0.39 is 11.8 Å². The van der Waals surface area contributed by atoms with E-state index in [1.54, 1.807) is 6.08 Å². The molecule has 0 fully saturated rings. The molecule has 0 heterocycles. The Morgan fingerprint density at radius 3 is 2.86 bits per heavy atom. The SMILES string of the molecule is Nc1cc(C=CCC(=O)O)ccc1F. The van der Waals surface area contributed by atoms with E-state index in [0.717, 1.165) is 0 Å². The third-order valence-corrected chi connectivity index (χ3v) is 1.62. The number of nitrogens with two attached hydrogens (primary N) is 1. The average molecular weight is 195 g/mol. The molecule has 3 nitrogen and oxygen atoms in total. The van der Waals surface area contributed by atoms with Gasteiger partial charge in [0.15, 0.2) is 0 Å². The van der Waals surface area contributed by atoms with Gasteiger partial charge in [0, 0.05) is 0 Å². The Kier molecular flexibility index (Phi) is 3.23. The summed E-state index contributed by atoms with van der Waals surface area (Å²) >= 11 is 0. The lowest BCUT2D eigenvalue weighted by molar-refractivity contribution is -0.135. The van der Waals surface area contributed by atoms with Gasteiger partial charge in [-0.25, -0.2) is 4.39 Å². The maximum absolute atomic E-state index is 12.7. The maximum atomic E-state index is 12.7. The van der Waals surface area contributed by atoms with Crippen molar-refractivity contribution in [1.29, 1.82) is 0 Å². The van der Waals surface area contributed by atoms with Crippen LogP contribution in [0.3, 0.4) is 0 Å². The van der Waals surface area contributed by atoms with Crippen molar-refractivity contribution in [2.75, 3.05) is 5.73 Å². The van der Waals surface area contributed by atoms with Gasteiger partial charge >= 0.3 is 5.97 Å². The Hall–Kier alpha value is -1.84. The molecule has 74 valence electrons. The minimum absolute atomic E-state index is 0.0578. The molecule has 0 saturated heterocycles. The largest absolute Gasteiger partial charge is 0.481 e. The topological polar surface area (TPSA) is 63.3 Å². The van der Waals surface area contributed by atoms with Crippen LogP contribution in [0.1, 0.15) is 12.0 Å². The van der Waals surface area contributed by atoms with Crippen LogP contribution in [0.4, 0.5) is 10.1 Å². The van der Waals surface area contributed by atoms with Gasteiger partial charge in [-0.3, -0.25) is 4.79 Å². The molecule has 0 atom stereocenters. The molecule has 1 aromatic rings. The van der Waals surface area contributed by atoms with Crippen molar-refractivity contribution in [2.45, 2.75) is 6.42 Å². The van der Waals surface area contributed by atoms with Gasteiger partial charge in [-0.15, -0.1) is 0 Å². The van der Waals surface area contributed by atoms with Crippen LogP contribution in [-0.2, 0) is 4.79 Å². The summed E-state index contributed by atoms with van der Waals surface area (Å²) in [7, 11) is 0. The van der Waals surface area contributed by atoms with Crippen molar-refractivity contribution in [3.05, 3.63) is 35.7 Å². The first-order valence-corrected chi connectivity index (χ1v) is 4.03. The van der Waals surface area contributed by atoms with E-state index in [1.807, 2.05) is 0 Å². The van der Waals surface area contributed by atoms with E-state index in [4.69, 9.17) is 10.8 Å². The van der Waals surface area contributed by atoms with E-state index >= 15 is 0 Å². The van der Waals surface area contributed by atoms with Gasteiger partial charge in [-0.05, 0) is 17.7 Å². The van der Waals surface area contributed by atoms with E-state index in [-0.39, 0.29) is 12.1 Å². The molecule has 14 heavy (non-hydrogen) atoms. The number of rotatable bonds is 3. The zero-order valence-electron chi connectivity index (χ0n) is 7.40. The minimum atomic E-state index is -0.906. The number of carboxylic acid groups (broad SMARTS) is 1. The van der Waals surface area contributed by atoms with Crippen LogP contribution in [0.15, 0.2) is 24.3 Å². The minimum Gasteiger partial charge on any atom is -0.481 e. The lowest BCUT2D eigenvalue weighted by Gasteiger charge is -1.97. The Balaban J connectivity index is 2.73. The van der Waals surface area contributed by atoms with Gasteiger partial charge in [0.05, 0.1) is 12.1 Å². The summed E-state index contributed by atoms with van der Waals surface area (Å²) in [6, 6.07) is 4.23. The first-order chi connectivity index (χ1) is 6.59. The molecule has 0 aliphatic heterocycles. The Labute approximate surface area is 80.7 Å². The zero-order valence-corrected chi connectivity index (χ0v) is 7.40. The third-order valence-electron chi connectivity index (χ3n) is 1.62. The highest BCUT2D eigenvalue weighted by Crippen LogP contribution is 2.13. The molecule has 3 N–H and O–H groups in total. The summed E-state index contributed by atoms with van der Waals surface area (Å²) < 4.78 is 12.7. The van der Waals surface area contributed by atoms with Crippen LogP contribution in [0, 0.1) is 5.82 Å². The van der Waals surface area contributed by atoms with Crippen molar-refractivity contribution < 1.29 is 14.3 Å². The first kappa shape index (κ1) is 10.2. The molecule has 0 bridgehead atoms. The summed E-state index contributed by atoms with van der Waals surface area (Å²) in [6.45, 7) is 0. The molecule has 1 aromatic carbocycles. The van der Waals surface area contributed by atoms with Gasteiger partial charge in [-0.1, -0.05) is 18.2 Å². The zero-order chi connectivity index (χ0) is 10.6. The molecule has 1 rings (SSSR count). The fourth-order valence-electron chi connectivity index (χ4n) is 0.962. The number of hydrogen-bond donors (Lipinski definition) is 2. The predicted octanol–water partition coefficient (Wildman–Crippen LogP) is 1.90. The lowest BCUT2D eigenvalue weighted by atomic mass is 10.1. The number of anilines is 1. The third kappa shape index (κ3) is 2.90. The molecule has 0 radical (unpaired) electrons. The summed E-state index contributed by atoms with van der Waals surface area (Å²) in [5, 5.41) is 8.35. The average Bonchev–Trinajstić information content (AvgIpc) is 2.10. The second-order valence-corrected chi connectivity index (χ2v) is 2.78. The highest BCUT2D eigenvalue weighted by atomic mass is 19.1. The normalized spacial score (nSPS) is 10.6. The van der Waals surface area contributed by atoms with Gasteiger partial charge in [-0.2, -0.15) is 0 Å². The summed E-state index contributed by atoms with van der Waals surface area (Å²) in [5.74, 6) is -1.38. The molecule has 4 heteroatoms. The van der Waals surface area contributed by atoms with Crippen molar-refractivity contribution in [2.24, 2.45) is 0 Å². The van der Waals surface area contributed by atoms with Crippen LogP contribution >= 0.6 is 0 Å². The Bertz CT molecular complexity index is 374. The highest BCUT2D eigenvalue weighted by molar-refractivity contribution is 5.70. The highest BCUT2D eigenvalue weighted by Gasteiger charge is 1.97. The standard InChI is InChI=1S/C10H10FNO2/c11-8-5-4-7(6-9(8)12)2-1-3-10(13)14/h1-2,4-6H,3,12H2,(H,13,14). The molecular weight excluding hydrogens is 185 g/mol. The second-order valence-electron chi connectivity index (χ2n) is 2.78. The monoisotopic (exact) mass is 195 g/mol. The van der Waals surface area contributed by atoms with Gasteiger partial charge < -0.3 is 10.8 Å². The maximum Gasteiger partial charge on any atom is 0.307 e. The number of nitrogen functional groups attached to an aromatic ring is 1. The van der Waals surface area contributed by atoms with E-state index in [1.165, 1.54) is 24.3 Å². The lowest BCUT2D eigenvalue weighted by Crippen LogP contribution is -1.91. The summed E-state index contributed by atoms with van der Waals surface area (Å²) in [5.41, 5.74) is 6.07. The van der Waals surface area contributed by atoms with Crippen LogP contribution in [0.2, 0.25) is 0 Å². The van der Waals surface area contributed by atoms with E-state index in [0.29, 0.717) is 5.56 Å². The number of aliphatic carboxylic acids is 1. The number of carboxylic acids is 1. The Morgan fingerprint density at radius 1 is 1.57 bits per heavy atom. The first-order valence-electron chi connectivity index (χ1n) is 4.03. The fourth-order valence-corrected chi connectivity index (χ4v) is 0.962. The quantitative estimate of drug-likeness (QED) is 0.724. The van der Waals surface area contributed by atoms with Crippen molar-refractivity contribution >= 4 is 17.7 Å². The van der Waals surface area contributed by atoms with Crippen molar-refractivity contribution in [1.82, 2.24) is 0 Å². The van der Waals surface area contributed by atoms with Gasteiger partial charge in [0.25, 0.3) is 0 Å². The smallest absolute Gasteiger partial charge is 0.307 e. The number of carbonyl (C=O) groups is 1. The number of halogens is 1. The van der Waals surface area contributed by atoms with Crippen molar-refractivity contribution in [3.8, 4) is 0 Å². The molecule has 0 unspecified atom stereocenters. The molecule has 0 aliphatic carbocycles. The summed E-state index contributed by atoms with van der Waals surface area (Å²) in [4.78, 5) is 10.2. The van der Waals surface area contributed by atoms with E-state index in [9.17, 15) is 9.18 Å². The molecule has 0 saturated carbocycles. The summed E-state index contributed by atoms with van der Waals surface area (Å²) in [6.07, 6.45) is 3.01. The molecule has 0 aliphatic rings. The fraction of sp³-hybridized carbons (Fsp3) is 0.100. The van der Waals surface area contributed by atoms with Crippen molar-refractivity contribution in [3.63, 3.8) is 0 Å². The molecule has 0 spiro atoms. The number of hydrogen-bond acceptors (Lipinski definition) is 2. The van der Waals surface area contributed by atoms with Gasteiger partial charge in [0.2, 0.25) is 0 Å². The second kappa shape index (κ2) is 4.41. The van der Waals surface area contributed by atoms with Crippen LogP contribution in [0.5, 0.6) is 0 Å². The molecule has 0 aromatic heterocycles. The predicted molar refractivity (Wildman–Crippen MR) is 52.1 cm³/mol. The van der Waals surface area contributed by atoms with Crippen LogP contribution in [0.25, 0.3) is 6.08 Å². The number of benzene rings is 1. The Morgan fingerprint density at radius 2 is 2.29 bits per heavy atom. The van der Waals surface area contributed by atoms with Gasteiger partial charge in [0.1, 0.15) is 5.82 Å². The van der Waals surface area contributed by atoms with E-state index in [2.05, 4.69) is 0 Å². The van der Waals surface area contributed by atoms with Crippen LogP contribution in [-0.4, -0.2) is 11.1 Å².